The first-order valence-electron chi connectivity index (χ1n) is 12.6. The number of carbonyl (C=O) groups is 2. The monoisotopic (exact) mass is 462 g/mol. The van der Waals surface area contributed by atoms with Gasteiger partial charge in [-0.1, -0.05) is 67.5 Å². The van der Waals surface area contributed by atoms with Crippen LogP contribution < -0.4 is 0 Å². The van der Waals surface area contributed by atoms with E-state index in [1.54, 1.807) is 0 Å². The Labute approximate surface area is 201 Å². The van der Waals surface area contributed by atoms with E-state index in [9.17, 15) is 9.59 Å². The van der Waals surface area contributed by atoms with E-state index in [-0.39, 0.29) is 35.2 Å². The van der Waals surface area contributed by atoms with Crippen LogP contribution in [0.4, 0.5) is 0 Å². The van der Waals surface area contributed by atoms with E-state index in [2.05, 4.69) is 54.7 Å². The molecule has 0 atom stereocenters. The Morgan fingerprint density at radius 3 is 1.21 bits per heavy atom. The fourth-order valence-corrected chi connectivity index (χ4v) is 5.17. The lowest BCUT2D eigenvalue weighted by molar-refractivity contribution is -0.175. The first-order valence-corrected chi connectivity index (χ1v) is 12.6. The molecule has 0 spiro atoms. The van der Waals surface area contributed by atoms with Crippen molar-refractivity contribution in [3.63, 3.8) is 0 Å². The van der Waals surface area contributed by atoms with Crippen LogP contribution in [0.1, 0.15) is 106 Å². The highest BCUT2D eigenvalue weighted by Gasteiger charge is 2.47. The van der Waals surface area contributed by atoms with Crippen LogP contribution in [0, 0.1) is 10.8 Å². The molecule has 5 nitrogen and oxygen atoms in total. The Hall–Kier alpha value is -1.62. The molecule has 0 aliphatic heterocycles. The Morgan fingerprint density at radius 1 is 0.636 bits per heavy atom. The minimum Gasteiger partial charge on any atom is -0.455 e. The van der Waals surface area contributed by atoms with Crippen molar-refractivity contribution in [1.29, 1.82) is 0 Å². The molecule has 0 heterocycles. The molecule has 33 heavy (non-hydrogen) atoms. The molecule has 0 aromatic rings. The molecule has 2 fully saturated rings. The molecule has 2 aliphatic carbocycles. The Bertz CT molecular complexity index is 660. The third-order valence-corrected chi connectivity index (χ3v) is 7.76. The predicted octanol–water partition coefficient (Wildman–Crippen LogP) is 6.70. The highest BCUT2D eigenvalue weighted by atomic mass is 16.6. The molecule has 0 aromatic heterocycles. The second-order valence-electron chi connectivity index (χ2n) is 12.1. The van der Waals surface area contributed by atoms with Crippen LogP contribution in [0.5, 0.6) is 0 Å². The molecule has 188 valence electrons. The molecule has 0 aromatic carbocycles. The summed E-state index contributed by atoms with van der Waals surface area (Å²) < 4.78 is 17.7. The number of esters is 2. The second-order valence-corrected chi connectivity index (χ2v) is 12.1. The Balaban J connectivity index is 1.87. The molecule has 2 rings (SSSR count). The molecular weight excluding hydrogens is 416 g/mol. The van der Waals surface area contributed by atoms with Crippen molar-refractivity contribution in [2.75, 3.05) is 13.2 Å². The molecule has 0 saturated heterocycles. The van der Waals surface area contributed by atoms with Gasteiger partial charge < -0.3 is 14.2 Å². The van der Waals surface area contributed by atoms with E-state index in [0.717, 1.165) is 51.4 Å². The Morgan fingerprint density at radius 2 is 0.939 bits per heavy atom. The molecule has 2 saturated carbocycles. The molecule has 0 bridgehead atoms. The highest BCUT2D eigenvalue weighted by molar-refractivity contribution is 5.89. The van der Waals surface area contributed by atoms with Gasteiger partial charge in [-0.25, -0.2) is 9.59 Å². The lowest BCUT2D eigenvalue weighted by atomic mass is 9.68. The predicted molar refractivity (Wildman–Crippen MR) is 132 cm³/mol. The molecule has 0 N–H and O–H groups in total. The average molecular weight is 463 g/mol. The minimum absolute atomic E-state index is 0.00420. The first-order chi connectivity index (χ1) is 15.2. The quantitative estimate of drug-likeness (QED) is 0.297. The third-order valence-electron chi connectivity index (χ3n) is 7.76. The van der Waals surface area contributed by atoms with Gasteiger partial charge in [0.25, 0.3) is 0 Å². The number of hydrogen-bond donors (Lipinski definition) is 0. The zero-order valence-electron chi connectivity index (χ0n) is 21.9. The van der Waals surface area contributed by atoms with Crippen molar-refractivity contribution < 1.29 is 23.8 Å². The average Bonchev–Trinajstić information content (AvgIpc) is 2.73. The van der Waals surface area contributed by atoms with Gasteiger partial charge in [-0.15, -0.1) is 0 Å². The van der Waals surface area contributed by atoms with E-state index in [1.807, 2.05) is 0 Å². The fourth-order valence-electron chi connectivity index (χ4n) is 5.17. The van der Waals surface area contributed by atoms with E-state index in [1.165, 1.54) is 12.8 Å². The lowest BCUT2D eigenvalue weighted by Crippen LogP contribution is -2.48. The third kappa shape index (κ3) is 6.71. The summed E-state index contributed by atoms with van der Waals surface area (Å²) in [7, 11) is 0. The van der Waals surface area contributed by atoms with Crippen molar-refractivity contribution >= 4 is 11.9 Å². The fraction of sp³-hybridized carbons (Fsp3) is 0.786. The largest absolute Gasteiger partial charge is 0.455 e. The SMILES string of the molecule is C=C(COCC(=C)C(=O)OC1(C(C)(C)C)CCCCC1)C(=O)OC1(C(C)(C)C)CCCCC1. The van der Waals surface area contributed by atoms with Crippen molar-refractivity contribution in [3.8, 4) is 0 Å². The van der Waals surface area contributed by atoms with Gasteiger partial charge in [0.15, 0.2) is 0 Å². The maximum absolute atomic E-state index is 12.8. The summed E-state index contributed by atoms with van der Waals surface area (Å²) in [6, 6.07) is 0. The van der Waals surface area contributed by atoms with Crippen LogP contribution in [-0.4, -0.2) is 36.4 Å². The number of hydrogen-bond acceptors (Lipinski definition) is 5. The summed E-state index contributed by atoms with van der Waals surface area (Å²) in [4.78, 5) is 25.5. The van der Waals surface area contributed by atoms with Gasteiger partial charge in [0.2, 0.25) is 0 Å². The molecule has 5 heteroatoms. The van der Waals surface area contributed by atoms with Crippen molar-refractivity contribution in [2.45, 2.75) is 117 Å². The van der Waals surface area contributed by atoms with Gasteiger partial charge in [0.05, 0.1) is 24.4 Å². The van der Waals surface area contributed by atoms with Crippen molar-refractivity contribution in [3.05, 3.63) is 24.3 Å². The number of rotatable bonds is 8. The number of carbonyl (C=O) groups excluding carboxylic acids is 2. The van der Waals surface area contributed by atoms with Crippen LogP contribution in [0.3, 0.4) is 0 Å². The molecule has 2 aliphatic rings. The maximum atomic E-state index is 12.8. The van der Waals surface area contributed by atoms with Gasteiger partial charge in [0.1, 0.15) is 11.2 Å². The van der Waals surface area contributed by atoms with Crippen LogP contribution >= 0.6 is 0 Å². The Kier molecular flexibility index (Phi) is 9.00. The summed E-state index contributed by atoms with van der Waals surface area (Å²) in [5.41, 5.74) is -0.734. The standard InChI is InChI=1S/C28H46O5/c1-21(23(29)32-27(25(3,4)5)15-11-9-12-16-27)19-31-20-22(2)24(30)33-28(26(6,7)8)17-13-10-14-18-28/h1-2,9-20H2,3-8H3. The minimum atomic E-state index is -0.472. The van der Waals surface area contributed by atoms with Gasteiger partial charge in [-0.3, -0.25) is 0 Å². The summed E-state index contributed by atoms with van der Waals surface area (Å²) in [6.07, 6.45) is 10.1. The summed E-state index contributed by atoms with van der Waals surface area (Å²) in [6.45, 7) is 20.5. The van der Waals surface area contributed by atoms with Gasteiger partial charge >= 0.3 is 11.9 Å². The van der Waals surface area contributed by atoms with E-state index in [0.29, 0.717) is 0 Å². The van der Waals surface area contributed by atoms with E-state index >= 15 is 0 Å². The van der Waals surface area contributed by atoms with Crippen LogP contribution in [0.15, 0.2) is 24.3 Å². The van der Waals surface area contributed by atoms with Gasteiger partial charge in [-0.05, 0) is 51.4 Å². The zero-order chi connectivity index (χ0) is 24.9. The van der Waals surface area contributed by atoms with Gasteiger partial charge in [-0.2, -0.15) is 0 Å². The molecule has 0 radical (unpaired) electrons. The summed E-state index contributed by atoms with van der Waals surface area (Å²) in [5.74, 6) is -0.845. The highest BCUT2D eigenvalue weighted by Crippen LogP contribution is 2.46. The van der Waals surface area contributed by atoms with Crippen LogP contribution in [-0.2, 0) is 23.8 Å². The topological polar surface area (TPSA) is 61.8 Å². The summed E-state index contributed by atoms with van der Waals surface area (Å²) in [5, 5.41) is 0. The molecular formula is C28H46O5. The normalized spacial score (nSPS) is 20.5. The smallest absolute Gasteiger partial charge is 0.336 e. The maximum Gasteiger partial charge on any atom is 0.336 e. The van der Waals surface area contributed by atoms with E-state index in [4.69, 9.17) is 14.2 Å². The van der Waals surface area contributed by atoms with E-state index < -0.39 is 23.1 Å². The van der Waals surface area contributed by atoms with Crippen molar-refractivity contribution in [2.24, 2.45) is 10.8 Å². The first kappa shape index (κ1) is 27.6. The number of ether oxygens (including phenoxy) is 3. The van der Waals surface area contributed by atoms with Crippen LogP contribution in [0.25, 0.3) is 0 Å². The molecule has 0 amide bonds. The zero-order valence-corrected chi connectivity index (χ0v) is 21.9. The lowest BCUT2D eigenvalue weighted by Gasteiger charge is -2.46. The molecule has 0 unspecified atom stereocenters. The summed E-state index contributed by atoms with van der Waals surface area (Å²) >= 11 is 0. The van der Waals surface area contributed by atoms with Crippen molar-refractivity contribution in [1.82, 2.24) is 0 Å². The van der Waals surface area contributed by atoms with Crippen LogP contribution in [0.2, 0.25) is 0 Å². The second kappa shape index (κ2) is 10.8. The van der Waals surface area contributed by atoms with Gasteiger partial charge in [0, 0.05) is 10.8 Å².